The minimum absolute atomic E-state index is 0.140. The van der Waals surface area contributed by atoms with Crippen molar-refractivity contribution in [2.45, 2.75) is 25.8 Å². The second kappa shape index (κ2) is 8.10. The Labute approximate surface area is 125 Å². The number of hydrogen-bond acceptors (Lipinski definition) is 3. The highest BCUT2D eigenvalue weighted by Gasteiger charge is 2.14. The molecule has 1 N–H and O–H groups in total. The van der Waals surface area contributed by atoms with Crippen LogP contribution in [-0.4, -0.2) is 53.6 Å². The molecule has 0 aromatic heterocycles. The molecule has 0 unspecified atom stereocenters. The van der Waals surface area contributed by atoms with E-state index in [-0.39, 0.29) is 12.2 Å². The SMILES string of the molecule is O=C(O)CCN(CCN1CCCC1)Cc1ccc(F)cc1. The summed E-state index contributed by atoms with van der Waals surface area (Å²) in [7, 11) is 0. The molecule has 4 nitrogen and oxygen atoms in total. The number of carboxylic acids is 1. The van der Waals surface area contributed by atoms with E-state index in [2.05, 4.69) is 9.80 Å². The van der Waals surface area contributed by atoms with E-state index in [0.29, 0.717) is 13.1 Å². The normalized spacial score (nSPS) is 15.7. The number of carbonyl (C=O) groups is 1. The number of benzene rings is 1. The van der Waals surface area contributed by atoms with Crippen LogP contribution in [0, 0.1) is 5.82 Å². The number of carboxylic acid groups (broad SMARTS) is 1. The van der Waals surface area contributed by atoms with Crippen molar-refractivity contribution in [1.29, 1.82) is 0 Å². The number of hydrogen-bond donors (Lipinski definition) is 1. The Hall–Kier alpha value is -1.46. The van der Waals surface area contributed by atoms with Crippen LogP contribution in [0.5, 0.6) is 0 Å². The van der Waals surface area contributed by atoms with Gasteiger partial charge in [-0.2, -0.15) is 0 Å². The zero-order valence-corrected chi connectivity index (χ0v) is 12.3. The number of halogens is 1. The van der Waals surface area contributed by atoms with E-state index in [1.807, 2.05) is 0 Å². The molecular formula is C16H23FN2O2. The first-order chi connectivity index (χ1) is 10.1. The van der Waals surface area contributed by atoms with Gasteiger partial charge in [-0.05, 0) is 43.6 Å². The van der Waals surface area contributed by atoms with Gasteiger partial charge in [0.2, 0.25) is 0 Å². The Morgan fingerprint density at radius 3 is 2.48 bits per heavy atom. The molecule has 1 saturated heterocycles. The maximum atomic E-state index is 12.9. The quantitative estimate of drug-likeness (QED) is 0.798. The molecular weight excluding hydrogens is 271 g/mol. The van der Waals surface area contributed by atoms with Gasteiger partial charge in [-0.15, -0.1) is 0 Å². The standard InChI is InChI=1S/C16H23FN2O2/c17-15-5-3-14(4-6-15)13-19(10-7-16(20)21)12-11-18-8-1-2-9-18/h3-6H,1-2,7-13H2,(H,20,21). The van der Waals surface area contributed by atoms with Crippen molar-refractivity contribution in [2.75, 3.05) is 32.7 Å². The van der Waals surface area contributed by atoms with Gasteiger partial charge in [0.15, 0.2) is 0 Å². The number of rotatable bonds is 8. The van der Waals surface area contributed by atoms with Gasteiger partial charge < -0.3 is 10.0 Å². The van der Waals surface area contributed by atoms with Gasteiger partial charge in [-0.1, -0.05) is 12.1 Å². The molecule has 1 aliphatic heterocycles. The molecule has 5 heteroatoms. The van der Waals surface area contributed by atoms with Crippen LogP contribution in [0.2, 0.25) is 0 Å². The molecule has 1 heterocycles. The smallest absolute Gasteiger partial charge is 0.304 e. The predicted octanol–water partition coefficient (Wildman–Crippen LogP) is 2.20. The summed E-state index contributed by atoms with van der Waals surface area (Å²) < 4.78 is 12.9. The third-order valence-electron chi connectivity index (χ3n) is 3.89. The highest BCUT2D eigenvalue weighted by molar-refractivity contribution is 5.66. The summed E-state index contributed by atoms with van der Waals surface area (Å²) in [5, 5.41) is 8.86. The van der Waals surface area contributed by atoms with Crippen molar-refractivity contribution >= 4 is 5.97 Å². The van der Waals surface area contributed by atoms with E-state index >= 15 is 0 Å². The summed E-state index contributed by atoms with van der Waals surface area (Å²) in [5.41, 5.74) is 1.02. The van der Waals surface area contributed by atoms with Gasteiger partial charge in [-0.3, -0.25) is 9.69 Å². The summed E-state index contributed by atoms with van der Waals surface area (Å²) in [4.78, 5) is 15.3. The summed E-state index contributed by atoms with van der Waals surface area (Å²) in [6, 6.07) is 6.42. The predicted molar refractivity (Wildman–Crippen MR) is 79.6 cm³/mol. The van der Waals surface area contributed by atoms with E-state index in [9.17, 15) is 9.18 Å². The van der Waals surface area contributed by atoms with E-state index in [0.717, 1.165) is 31.7 Å². The van der Waals surface area contributed by atoms with Crippen LogP contribution >= 0.6 is 0 Å². The molecule has 1 fully saturated rings. The van der Waals surface area contributed by atoms with Crippen LogP contribution in [-0.2, 0) is 11.3 Å². The molecule has 0 aliphatic carbocycles. The van der Waals surface area contributed by atoms with Crippen molar-refractivity contribution in [2.24, 2.45) is 0 Å². The van der Waals surface area contributed by atoms with Gasteiger partial charge >= 0.3 is 5.97 Å². The fourth-order valence-corrected chi connectivity index (χ4v) is 2.66. The third kappa shape index (κ3) is 5.81. The first-order valence-electron chi connectivity index (χ1n) is 7.54. The molecule has 21 heavy (non-hydrogen) atoms. The molecule has 0 atom stereocenters. The van der Waals surface area contributed by atoms with Gasteiger partial charge in [0.05, 0.1) is 6.42 Å². The lowest BCUT2D eigenvalue weighted by atomic mass is 10.2. The molecule has 0 amide bonds. The maximum absolute atomic E-state index is 12.9. The second-order valence-electron chi connectivity index (χ2n) is 5.60. The van der Waals surface area contributed by atoms with E-state index in [1.54, 1.807) is 12.1 Å². The van der Waals surface area contributed by atoms with Crippen LogP contribution in [0.25, 0.3) is 0 Å². The monoisotopic (exact) mass is 294 g/mol. The van der Waals surface area contributed by atoms with Crippen molar-refractivity contribution in [1.82, 2.24) is 9.80 Å². The topological polar surface area (TPSA) is 43.8 Å². The summed E-state index contributed by atoms with van der Waals surface area (Å²) in [5.74, 6) is -1.02. The Morgan fingerprint density at radius 1 is 1.19 bits per heavy atom. The van der Waals surface area contributed by atoms with Crippen LogP contribution in [0.15, 0.2) is 24.3 Å². The number of likely N-dealkylation sites (tertiary alicyclic amines) is 1. The Morgan fingerprint density at radius 2 is 1.86 bits per heavy atom. The van der Waals surface area contributed by atoms with Crippen molar-refractivity contribution in [3.8, 4) is 0 Å². The molecule has 2 rings (SSSR count). The van der Waals surface area contributed by atoms with Crippen LogP contribution in [0.1, 0.15) is 24.8 Å². The summed E-state index contributed by atoms with van der Waals surface area (Å²) >= 11 is 0. The Balaban J connectivity index is 1.86. The van der Waals surface area contributed by atoms with Gasteiger partial charge in [0.1, 0.15) is 5.82 Å². The van der Waals surface area contributed by atoms with E-state index in [4.69, 9.17) is 5.11 Å². The molecule has 1 aromatic carbocycles. The zero-order chi connectivity index (χ0) is 15.1. The average Bonchev–Trinajstić information content (AvgIpc) is 2.97. The Bertz CT molecular complexity index is 444. The maximum Gasteiger partial charge on any atom is 0.304 e. The molecule has 1 aliphatic rings. The molecule has 1 aromatic rings. The van der Waals surface area contributed by atoms with Gasteiger partial charge in [-0.25, -0.2) is 4.39 Å². The van der Waals surface area contributed by atoms with Crippen molar-refractivity contribution in [3.05, 3.63) is 35.6 Å². The fraction of sp³-hybridized carbons (Fsp3) is 0.562. The fourth-order valence-electron chi connectivity index (χ4n) is 2.66. The minimum Gasteiger partial charge on any atom is -0.481 e. The summed E-state index contributed by atoms with van der Waals surface area (Å²) in [6.45, 7) is 5.31. The molecule has 0 spiro atoms. The largest absolute Gasteiger partial charge is 0.481 e. The first-order valence-corrected chi connectivity index (χ1v) is 7.54. The lowest BCUT2D eigenvalue weighted by Crippen LogP contribution is -2.34. The summed E-state index contributed by atoms with van der Waals surface area (Å²) in [6.07, 6.45) is 2.65. The molecule has 0 radical (unpaired) electrons. The number of nitrogens with zero attached hydrogens (tertiary/aromatic N) is 2. The molecule has 116 valence electrons. The van der Waals surface area contributed by atoms with Crippen molar-refractivity contribution in [3.63, 3.8) is 0 Å². The number of aliphatic carboxylic acids is 1. The lowest BCUT2D eigenvalue weighted by molar-refractivity contribution is -0.137. The van der Waals surface area contributed by atoms with Gasteiger partial charge in [0.25, 0.3) is 0 Å². The zero-order valence-electron chi connectivity index (χ0n) is 12.3. The Kier molecular flexibility index (Phi) is 6.14. The highest BCUT2D eigenvalue weighted by Crippen LogP contribution is 2.10. The van der Waals surface area contributed by atoms with Crippen molar-refractivity contribution < 1.29 is 14.3 Å². The van der Waals surface area contributed by atoms with E-state index in [1.165, 1.54) is 25.0 Å². The molecule has 0 bridgehead atoms. The first kappa shape index (κ1) is 15.9. The van der Waals surface area contributed by atoms with Crippen LogP contribution in [0.4, 0.5) is 4.39 Å². The van der Waals surface area contributed by atoms with Crippen LogP contribution < -0.4 is 0 Å². The highest BCUT2D eigenvalue weighted by atomic mass is 19.1. The third-order valence-corrected chi connectivity index (χ3v) is 3.89. The second-order valence-corrected chi connectivity index (χ2v) is 5.60. The van der Waals surface area contributed by atoms with Crippen LogP contribution in [0.3, 0.4) is 0 Å². The molecule has 0 saturated carbocycles. The average molecular weight is 294 g/mol. The minimum atomic E-state index is -0.778. The van der Waals surface area contributed by atoms with E-state index < -0.39 is 5.97 Å². The lowest BCUT2D eigenvalue weighted by Gasteiger charge is -2.24. The van der Waals surface area contributed by atoms with Gasteiger partial charge in [0, 0.05) is 26.2 Å².